The molecule has 6 heteroatoms. The molecule has 0 fully saturated rings. The first-order valence-corrected chi connectivity index (χ1v) is 10.4. The third kappa shape index (κ3) is 2.98. The van der Waals surface area contributed by atoms with Crippen molar-refractivity contribution in [3.63, 3.8) is 0 Å². The van der Waals surface area contributed by atoms with Crippen molar-refractivity contribution in [3.05, 3.63) is 46.2 Å². The number of fused-ring (bicyclic) bond motifs is 2. The molecule has 1 unspecified atom stereocenters. The summed E-state index contributed by atoms with van der Waals surface area (Å²) < 4.78 is 0. The van der Waals surface area contributed by atoms with Crippen molar-refractivity contribution < 1.29 is 9.59 Å². The number of hydrogen-bond acceptors (Lipinski definition) is 4. The summed E-state index contributed by atoms with van der Waals surface area (Å²) in [5.74, 6) is 0.452. The number of carbonyl (C=O) groups is 2. The van der Waals surface area contributed by atoms with E-state index in [-0.39, 0.29) is 24.4 Å². The molecule has 0 radical (unpaired) electrons. The average Bonchev–Trinajstić information content (AvgIpc) is 3.12. The highest BCUT2D eigenvalue weighted by Crippen LogP contribution is 2.37. The number of anilines is 1. The summed E-state index contributed by atoms with van der Waals surface area (Å²) in [7, 11) is 0. The Bertz CT molecular complexity index is 817. The van der Waals surface area contributed by atoms with E-state index < -0.39 is 0 Å². The van der Waals surface area contributed by atoms with Crippen LogP contribution in [0, 0.1) is 0 Å². The molecule has 3 heterocycles. The maximum Gasteiger partial charge on any atom is 0.243 e. The smallest absolute Gasteiger partial charge is 0.243 e. The van der Waals surface area contributed by atoms with Gasteiger partial charge in [-0.25, -0.2) is 0 Å². The Labute approximate surface area is 155 Å². The Morgan fingerprint density at radius 1 is 1.28 bits per heavy atom. The lowest BCUT2D eigenvalue weighted by Gasteiger charge is -2.37. The van der Waals surface area contributed by atoms with E-state index in [0.29, 0.717) is 5.75 Å². The molecule has 0 spiro atoms. The number of thioether (sulfide) groups is 1. The van der Waals surface area contributed by atoms with E-state index in [0.717, 1.165) is 30.0 Å². The molecule has 1 aromatic heterocycles. The van der Waals surface area contributed by atoms with Crippen LogP contribution in [0.3, 0.4) is 0 Å². The van der Waals surface area contributed by atoms with Crippen LogP contribution in [0.15, 0.2) is 40.6 Å². The summed E-state index contributed by atoms with van der Waals surface area (Å²) in [5, 5.41) is 2.11. The summed E-state index contributed by atoms with van der Waals surface area (Å²) in [6, 6.07) is 10.1. The van der Waals surface area contributed by atoms with Crippen LogP contribution in [-0.2, 0) is 16.0 Å². The maximum absolute atomic E-state index is 13.1. The summed E-state index contributed by atoms with van der Waals surface area (Å²) in [6.07, 6.45) is 1.81. The molecule has 1 atom stereocenters. The van der Waals surface area contributed by atoms with Gasteiger partial charge in [0.15, 0.2) is 0 Å². The number of benzene rings is 1. The third-order valence-electron chi connectivity index (χ3n) is 4.90. The SMILES string of the molecule is CCC1c2ccsc2CCN1C(=O)CN1C(=O)CSc2ccccc21. The molecular formula is C19H20N2O2S2. The van der Waals surface area contributed by atoms with Gasteiger partial charge in [0, 0.05) is 16.3 Å². The van der Waals surface area contributed by atoms with E-state index in [9.17, 15) is 9.59 Å². The summed E-state index contributed by atoms with van der Waals surface area (Å²) in [5.41, 5.74) is 2.14. The van der Waals surface area contributed by atoms with Crippen LogP contribution >= 0.6 is 23.1 Å². The van der Waals surface area contributed by atoms with Crippen molar-refractivity contribution in [2.24, 2.45) is 0 Å². The number of thiophene rings is 1. The molecule has 0 saturated heterocycles. The predicted molar refractivity (Wildman–Crippen MR) is 102 cm³/mol. The molecule has 130 valence electrons. The van der Waals surface area contributed by atoms with Gasteiger partial charge in [-0.2, -0.15) is 0 Å². The topological polar surface area (TPSA) is 40.6 Å². The number of carbonyl (C=O) groups excluding carboxylic acids is 2. The molecule has 4 rings (SSSR count). The molecule has 25 heavy (non-hydrogen) atoms. The van der Waals surface area contributed by atoms with Crippen molar-refractivity contribution in [2.75, 3.05) is 23.7 Å². The van der Waals surface area contributed by atoms with Gasteiger partial charge >= 0.3 is 0 Å². The Kier molecular flexibility index (Phi) is 4.56. The molecule has 0 saturated carbocycles. The first kappa shape index (κ1) is 16.7. The zero-order valence-electron chi connectivity index (χ0n) is 14.1. The fourth-order valence-electron chi connectivity index (χ4n) is 3.69. The summed E-state index contributed by atoms with van der Waals surface area (Å²) in [4.78, 5) is 31.6. The monoisotopic (exact) mass is 372 g/mol. The third-order valence-corrected chi connectivity index (χ3v) is 6.95. The molecule has 2 aliphatic rings. The Morgan fingerprint density at radius 3 is 2.96 bits per heavy atom. The minimum absolute atomic E-state index is 0.0123. The molecule has 2 aromatic rings. The Balaban J connectivity index is 1.57. The highest BCUT2D eigenvalue weighted by molar-refractivity contribution is 8.00. The largest absolute Gasteiger partial charge is 0.334 e. The second kappa shape index (κ2) is 6.84. The van der Waals surface area contributed by atoms with Gasteiger partial charge in [-0.05, 0) is 42.0 Å². The molecule has 1 aromatic carbocycles. The average molecular weight is 373 g/mol. The Hall–Kier alpha value is -1.79. The number of para-hydroxylation sites is 1. The van der Waals surface area contributed by atoms with Crippen LogP contribution in [0.2, 0.25) is 0 Å². The van der Waals surface area contributed by atoms with Crippen LogP contribution in [0.5, 0.6) is 0 Å². The maximum atomic E-state index is 13.1. The number of hydrogen-bond donors (Lipinski definition) is 0. The van der Waals surface area contributed by atoms with Crippen LogP contribution in [0.1, 0.15) is 29.8 Å². The first-order chi connectivity index (χ1) is 12.2. The van der Waals surface area contributed by atoms with Crippen molar-refractivity contribution in [3.8, 4) is 0 Å². The minimum Gasteiger partial charge on any atom is -0.334 e. The Morgan fingerprint density at radius 2 is 2.12 bits per heavy atom. The molecule has 2 aliphatic heterocycles. The van der Waals surface area contributed by atoms with Gasteiger partial charge in [-0.1, -0.05) is 19.1 Å². The van der Waals surface area contributed by atoms with E-state index in [2.05, 4.69) is 18.4 Å². The molecule has 0 aliphatic carbocycles. The van der Waals surface area contributed by atoms with E-state index in [1.165, 1.54) is 10.4 Å². The number of rotatable bonds is 3. The highest BCUT2D eigenvalue weighted by Gasteiger charge is 2.33. The van der Waals surface area contributed by atoms with Crippen LogP contribution in [-0.4, -0.2) is 35.6 Å². The lowest BCUT2D eigenvalue weighted by molar-refractivity contribution is -0.134. The van der Waals surface area contributed by atoms with Gasteiger partial charge in [0.1, 0.15) is 6.54 Å². The summed E-state index contributed by atoms with van der Waals surface area (Å²) in [6.45, 7) is 2.99. The lowest BCUT2D eigenvalue weighted by atomic mass is 9.97. The zero-order valence-corrected chi connectivity index (χ0v) is 15.7. The number of amides is 2. The summed E-state index contributed by atoms with van der Waals surface area (Å²) >= 11 is 3.33. The lowest BCUT2D eigenvalue weighted by Crippen LogP contribution is -2.47. The second-order valence-corrected chi connectivity index (χ2v) is 8.31. The van der Waals surface area contributed by atoms with Crippen molar-refractivity contribution >= 4 is 40.6 Å². The van der Waals surface area contributed by atoms with E-state index in [1.54, 1.807) is 28.0 Å². The van der Waals surface area contributed by atoms with Crippen molar-refractivity contribution in [2.45, 2.75) is 30.7 Å². The van der Waals surface area contributed by atoms with Gasteiger partial charge in [-0.3, -0.25) is 9.59 Å². The molecular weight excluding hydrogens is 352 g/mol. The van der Waals surface area contributed by atoms with Gasteiger partial charge < -0.3 is 9.80 Å². The first-order valence-electron chi connectivity index (χ1n) is 8.57. The minimum atomic E-state index is 0.0123. The fourth-order valence-corrected chi connectivity index (χ4v) is 5.55. The predicted octanol–water partition coefficient (Wildman–Crippen LogP) is 3.72. The highest BCUT2D eigenvalue weighted by atomic mass is 32.2. The molecule has 4 nitrogen and oxygen atoms in total. The molecule has 0 bridgehead atoms. The van der Waals surface area contributed by atoms with Gasteiger partial charge in [0.25, 0.3) is 0 Å². The second-order valence-electron chi connectivity index (χ2n) is 6.30. The van der Waals surface area contributed by atoms with E-state index in [1.807, 2.05) is 29.2 Å². The van der Waals surface area contributed by atoms with Gasteiger partial charge in [0.05, 0.1) is 17.5 Å². The normalized spacial score (nSPS) is 19.6. The number of nitrogens with zero attached hydrogens (tertiary/aromatic N) is 2. The van der Waals surface area contributed by atoms with E-state index in [4.69, 9.17) is 0 Å². The van der Waals surface area contributed by atoms with Crippen LogP contribution in [0.4, 0.5) is 5.69 Å². The van der Waals surface area contributed by atoms with Crippen LogP contribution < -0.4 is 4.90 Å². The standard InChI is InChI=1S/C19H20N2O2S2/c1-2-14-13-8-10-24-16(13)7-9-20(14)18(22)11-21-15-5-3-4-6-17(15)25-12-19(21)23/h3-6,8,10,14H,2,7,9,11-12H2,1H3. The van der Waals surface area contributed by atoms with Crippen molar-refractivity contribution in [1.29, 1.82) is 0 Å². The quantitative estimate of drug-likeness (QED) is 0.824. The zero-order chi connectivity index (χ0) is 17.4. The van der Waals surface area contributed by atoms with Gasteiger partial charge in [-0.15, -0.1) is 23.1 Å². The van der Waals surface area contributed by atoms with Crippen molar-refractivity contribution in [1.82, 2.24) is 4.90 Å². The van der Waals surface area contributed by atoms with E-state index >= 15 is 0 Å². The fraction of sp³-hybridized carbons (Fsp3) is 0.368. The molecule has 2 amide bonds. The van der Waals surface area contributed by atoms with Gasteiger partial charge in [0.2, 0.25) is 11.8 Å². The molecule has 0 N–H and O–H groups in total. The van der Waals surface area contributed by atoms with Crippen LogP contribution in [0.25, 0.3) is 0 Å².